The number of sulfonamides is 1. The number of aryl methyl sites for hydroxylation is 1. The maximum atomic E-state index is 12.2. The van der Waals surface area contributed by atoms with E-state index in [1.807, 2.05) is 6.07 Å². The molecule has 2 aromatic rings. The smallest absolute Gasteiger partial charge is 0.408 e. The van der Waals surface area contributed by atoms with E-state index in [4.69, 9.17) is 9.68 Å². The molecule has 0 bridgehead atoms. The number of oxazole rings is 1. The van der Waals surface area contributed by atoms with E-state index in [9.17, 15) is 13.2 Å². The second kappa shape index (κ2) is 5.02. The van der Waals surface area contributed by atoms with E-state index in [0.717, 1.165) is 0 Å². The number of nitriles is 1. The summed E-state index contributed by atoms with van der Waals surface area (Å²) < 4.78 is 33.2. The van der Waals surface area contributed by atoms with Crippen molar-refractivity contribution in [1.29, 1.82) is 5.26 Å². The Morgan fingerprint density at radius 3 is 2.67 bits per heavy atom. The average Bonchev–Trinajstić information content (AvgIpc) is 2.71. The van der Waals surface area contributed by atoms with Gasteiger partial charge in [0.25, 0.3) is 0 Å². The Hall–Kier alpha value is -2.11. The molecule has 0 radical (unpaired) electrons. The number of nitrogens with one attached hydrogen (secondary N) is 1. The van der Waals surface area contributed by atoms with Crippen molar-refractivity contribution < 1.29 is 12.8 Å². The van der Waals surface area contributed by atoms with Crippen molar-refractivity contribution in [1.82, 2.24) is 9.29 Å². The molecule has 0 saturated carbocycles. The van der Waals surface area contributed by atoms with E-state index in [-0.39, 0.29) is 10.5 Å². The van der Waals surface area contributed by atoms with Crippen molar-refractivity contribution in [3.05, 3.63) is 28.7 Å². The second-order valence-corrected chi connectivity index (χ2v) is 6.77. The zero-order valence-corrected chi connectivity index (χ0v) is 12.7. The highest BCUT2D eigenvalue weighted by Crippen LogP contribution is 2.19. The minimum absolute atomic E-state index is 0.0599. The molecule has 0 aliphatic carbocycles. The van der Waals surface area contributed by atoms with E-state index >= 15 is 0 Å². The Morgan fingerprint density at radius 1 is 1.43 bits per heavy atom. The maximum Gasteiger partial charge on any atom is 0.419 e. The first-order valence-corrected chi connectivity index (χ1v) is 7.77. The lowest BCUT2D eigenvalue weighted by molar-refractivity contribution is 0.512. The van der Waals surface area contributed by atoms with Gasteiger partial charge in [0.1, 0.15) is 5.54 Å². The van der Waals surface area contributed by atoms with Gasteiger partial charge in [-0.3, -0.25) is 4.57 Å². The number of fused-ring (bicyclic) bond motifs is 1. The third-order valence-corrected chi connectivity index (χ3v) is 4.59. The standard InChI is InChI=1S/C13H15N3O4S/c1-4-16-10-6-5-9(7-11(10)20-12(16)17)21(18,19)15-13(2,3)8-14/h5-7,15H,4H2,1-3H3. The minimum Gasteiger partial charge on any atom is -0.408 e. The zero-order chi connectivity index (χ0) is 15.8. The summed E-state index contributed by atoms with van der Waals surface area (Å²) in [4.78, 5) is 11.5. The van der Waals surface area contributed by atoms with Crippen LogP contribution in [0, 0.1) is 11.3 Å². The average molecular weight is 309 g/mol. The molecule has 0 aliphatic rings. The van der Waals surface area contributed by atoms with Crippen LogP contribution in [0.25, 0.3) is 11.1 Å². The highest BCUT2D eigenvalue weighted by molar-refractivity contribution is 7.89. The molecule has 21 heavy (non-hydrogen) atoms. The van der Waals surface area contributed by atoms with Crippen molar-refractivity contribution in [2.24, 2.45) is 0 Å². The summed E-state index contributed by atoms with van der Waals surface area (Å²) >= 11 is 0. The number of rotatable bonds is 4. The van der Waals surface area contributed by atoms with E-state index in [0.29, 0.717) is 12.1 Å². The lowest BCUT2D eigenvalue weighted by Gasteiger charge is -2.17. The summed E-state index contributed by atoms with van der Waals surface area (Å²) in [6.45, 7) is 5.13. The van der Waals surface area contributed by atoms with Crippen LogP contribution in [0.3, 0.4) is 0 Å². The maximum absolute atomic E-state index is 12.2. The van der Waals surface area contributed by atoms with Crippen LogP contribution in [0.1, 0.15) is 20.8 Å². The van der Waals surface area contributed by atoms with Crippen molar-refractivity contribution in [2.75, 3.05) is 0 Å². The Kier molecular flexibility index (Phi) is 3.65. The number of hydrogen-bond acceptors (Lipinski definition) is 5. The first-order valence-electron chi connectivity index (χ1n) is 6.29. The van der Waals surface area contributed by atoms with E-state index in [1.54, 1.807) is 6.92 Å². The van der Waals surface area contributed by atoms with Gasteiger partial charge in [-0.1, -0.05) is 0 Å². The van der Waals surface area contributed by atoms with Crippen LogP contribution in [-0.2, 0) is 16.6 Å². The minimum atomic E-state index is -3.88. The zero-order valence-electron chi connectivity index (χ0n) is 11.9. The molecule has 0 amide bonds. The summed E-state index contributed by atoms with van der Waals surface area (Å²) in [5.74, 6) is -0.535. The van der Waals surface area contributed by atoms with Crippen molar-refractivity contribution in [3.63, 3.8) is 0 Å². The molecule has 7 nitrogen and oxygen atoms in total. The van der Waals surface area contributed by atoms with Crippen LogP contribution in [0.4, 0.5) is 0 Å². The van der Waals surface area contributed by atoms with E-state index in [1.165, 1.54) is 36.6 Å². The van der Waals surface area contributed by atoms with E-state index < -0.39 is 21.3 Å². The number of aromatic nitrogens is 1. The van der Waals surface area contributed by atoms with Crippen LogP contribution in [-0.4, -0.2) is 18.5 Å². The van der Waals surface area contributed by atoms with Crippen LogP contribution >= 0.6 is 0 Å². The van der Waals surface area contributed by atoms with Crippen LogP contribution in [0.15, 0.2) is 32.3 Å². The predicted octanol–water partition coefficient (Wildman–Crippen LogP) is 1.19. The highest BCUT2D eigenvalue weighted by atomic mass is 32.2. The molecule has 1 heterocycles. The molecular weight excluding hydrogens is 294 g/mol. The fraction of sp³-hybridized carbons (Fsp3) is 0.385. The summed E-state index contributed by atoms with van der Waals surface area (Å²) in [5.41, 5.74) is -0.509. The monoisotopic (exact) mass is 309 g/mol. The molecule has 1 aromatic carbocycles. The molecule has 0 atom stereocenters. The summed E-state index contributed by atoms with van der Waals surface area (Å²) in [6, 6.07) is 6.02. The van der Waals surface area contributed by atoms with Gasteiger partial charge in [-0.05, 0) is 32.9 Å². The molecule has 1 N–H and O–H groups in total. The van der Waals surface area contributed by atoms with Gasteiger partial charge >= 0.3 is 5.76 Å². The lowest BCUT2D eigenvalue weighted by Crippen LogP contribution is -2.41. The normalized spacial score (nSPS) is 12.5. The van der Waals surface area contributed by atoms with Gasteiger partial charge < -0.3 is 4.42 Å². The van der Waals surface area contributed by atoms with Gasteiger partial charge in [-0.25, -0.2) is 13.2 Å². The first kappa shape index (κ1) is 15.3. The van der Waals surface area contributed by atoms with Crippen molar-refractivity contribution in [2.45, 2.75) is 37.8 Å². The Morgan fingerprint density at radius 2 is 2.10 bits per heavy atom. The largest absolute Gasteiger partial charge is 0.419 e. The Bertz CT molecular complexity index is 884. The molecule has 0 saturated heterocycles. The fourth-order valence-corrected chi connectivity index (χ4v) is 3.28. The van der Waals surface area contributed by atoms with Crippen LogP contribution in [0.2, 0.25) is 0 Å². The second-order valence-electron chi connectivity index (χ2n) is 5.08. The van der Waals surface area contributed by atoms with Gasteiger partial charge in [-0.2, -0.15) is 9.98 Å². The summed E-state index contributed by atoms with van der Waals surface area (Å²) in [6.07, 6.45) is 0. The van der Waals surface area contributed by atoms with Gasteiger partial charge in [0.2, 0.25) is 10.0 Å². The lowest BCUT2D eigenvalue weighted by atomic mass is 10.1. The number of benzene rings is 1. The van der Waals surface area contributed by atoms with Crippen molar-refractivity contribution in [3.8, 4) is 6.07 Å². The van der Waals surface area contributed by atoms with E-state index in [2.05, 4.69) is 4.72 Å². The van der Waals surface area contributed by atoms with Gasteiger partial charge in [0.05, 0.1) is 16.5 Å². The molecule has 0 spiro atoms. The molecular formula is C13H15N3O4S. The molecule has 112 valence electrons. The molecule has 0 aliphatic heterocycles. The molecule has 0 unspecified atom stereocenters. The molecule has 0 fully saturated rings. The van der Waals surface area contributed by atoms with Gasteiger partial charge in [0, 0.05) is 12.6 Å². The number of hydrogen-bond donors (Lipinski definition) is 1. The SMILES string of the molecule is CCn1c(=O)oc2cc(S(=O)(=O)NC(C)(C)C#N)ccc21. The van der Waals surface area contributed by atoms with Gasteiger partial charge in [0.15, 0.2) is 5.58 Å². The summed E-state index contributed by atoms with van der Waals surface area (Å²) in [5, 5.41) is 8.91. The van der Waals surface area contributed by atoms with Crippen LogP contribution < -0.4 is 10.5 Å². The Balaban J connectivity index is 2.54. The molecule has 2 rings (SSSR count). The molecule has 1 aromatic heterocycles. The van der Waals surface area contributed by atoms with Crippen molar-refractivity contribution >= 4 is 21.1 Å². The van der Waals surface area contributed by atoms with Crippen LogP contribution in [0.5, 0.6) is 0 Å². The predicted molar refractivity (Wildman–Crippen MR) is 76.2 cm³/mol. The fourth-order valence-electron chi connectivity index (χ4n) is 1.93. The topological polar surface area (TPSA) is 105 Å². The highest BCUT2D eigenvalue weighted by Gasteiger charge is 2.26. The molecule has 8 heteroatoms. The Labute approximate surface area is 121 Å². The third-order valence-electron chi connectivity index (χ3n) is 2.94. The third kappa shape index (κ3) is 2.84. The first-order chi connectivity index (χ1) is 9.70. The van der Waals surface area contributed by atoms with Gasteiger partial charge in [-0.15, -0.1) is 0 Å². The quantitative estimate of drug-likeness (QED) is 0.913. The summed E-state index contributed by atoms with van der Waals surface area (Å²) in [7, 11) is -3.88. The number of nitrogens with zero attached hydrogens (tertiary/aromatic N) is 2.